The number of pyridine rings is 1. The molecule has 0 bridgehead atoms. The fourth-order valence-corrected chi connectivity index (χ4v) is 3.50. The van der Waals surface area contributed by atoms with Crippen LogP contribution < -0.4 is 5.32 Å². The van der Waals surface area contributed by atoms with E-state index >= 15 is 0 Å². The molecule has 1 heterocycles. The molecule has 6 nitrogen and oxygen atoms in total. The van der Waals surface area contributed by atoms with Crippen molar-refractivity contribution in [2.24, 2.45) is 0 Å². The van der Waals surface area contributed by atoms with E-state index in [1.165, 1.54) is 31.7 Å². The van der Waals surface area contributed by atoms with Crippen LogP contribution in [0, 0.1) is 0 Å². The van der Waals surface area contributed by atoms with E-state index in [1.54, 1.807) is 13.0 Å². The Bertz CT molecular complexity index is 810. The van der Waals surface area contributed by atoms with Crippen molar-refractivity contribution in [2.75, 3.05) is 6.61 Å². The molecule has 2 aromatic rings. The molecule has 0 radical (unpaired) electrons. The van der Waals surface area contributed by atoms with Crippen LogP contribution in [0.5, 0.6) is 0 Å². The van der Waals surface area contributed by atoms with Gasteiger partial charge in [-0.2, -0.15) is 0 Å². The number of aliphatic hydroxyl groups is 1. The summed E-state index contributed by atoms with van der Waals surface area (Å²) in [5, 5.41) is 13.1. The summed E-state index contributed by atoms with van der Waals surface area (Å²) in [6.45, 7) is 3.14. The molecule has 0 spiro atoms. The standard InChI is InChI=1S/C25H34N2O4/c1-3-31-25(30)23(26-19(2)28)24(29)22-18-12-17-21(27-22)16-11-6-4-5-8-13-20-14-9-7-10-15-20/h7,9-10,12,14-15,17-18,23-24,29H,3-6,8,11,13,16H2,1-2H3,(H,26,28). The maximum absolute atomic E-state index is 12.1. The van der Waals surface area contributed by atoms with E-state index in [-0.39, 0.29) is 6.61 Å². The molecule has 0 aliphatic carbocycles. The highest BCUT2D eigenvalue weighted by atomic mass is 16.5. The van der Waals surface area contributed by atoms with Gasteiger partial charge in [-0.3, -0.25) is 9.78 Å². The maximum Gasteiger partial charge on any atom is 0.331 e. The van der Waals surface area contributed by atoms with E-state index < -0.39 is 24.0 Å². The number of nitrogens with one attached hydrogen (secondary N) is 1. The summed E-state index contributed by atoms with van der Waals surface area (Å²) in [4.78, 5) is 28.1. The Kier molecular flexibility index (Phi) is 10.7. The minimum Gasteiger partial charge on any atom is -0.464 e. The van der Waals surface area contributed by atoms with Crippen LogP contribution >= 0.6 is 0 Å². The summed E-state index contributed by atoms with van der Waals surface area (Å²) in [6, 6.07) is 14.8. The van der Waals surface area contributed by atoms with Crippen LogP contribution in [0.15, 0.2) is 48.5 Å². The van der Waals surface area contributed by atoms with Crippen LogP contribution in [-0.2, 0) is 27.2 Å². The van der Waals surface area contributed by atoms with E-state index in [2.05, 4.69) is 34.6 Å². The lowest BCUT2D eigenvalue weighted by Gasteiger charge is -2.21. The quantitative estimate of drug-likeness (QED) is 0.374. The first-order chi connectivity index (χ1) is 15.0. The van der Waals surface area contributed by atoms with Gasteiger partial charge in [0.1, 0.15) is 6.10 Å². The molecule has 2 N–H and O–H groups in total. The van der Waals surface area contributed by atoms with Crippen LogP contribution in [0.2, 0.25) is 0 Å². The number of nitrogens with zero attached hydrogens (tertiary/aromatic N) is 1. The Labute approximate surface area is 185 Å². The first-order valence-corrected chi connectivity index (χ1v) is 11.1. The van der Waals surface area contributed by atoms with Crippen molar-refractivity contribution in [2.45, 2.75) is 70.9 Å². The van der Waals surface area contributed by atoms with Gasteiger partial charge in [0.05, 0.1) is 12.3 Å². The van der Waals surface area contributed by atoms with Gasteiger partial charge >= 0.3 is 5.97 Å². The zero-order valence-corrected chi connectivity index (χ0v) is 18.5. The number of carbonyl (C=O) groups excluding carboxylic acids is 2. The van der Waals surface area contributed by atoms with Gasteiger partial charge in [0.25, 0.3) is 0 Å². The molecule has 0 aliphatic heterocycles. The van der Waals surface area contributed by atoms with Crippen LogP contribution in [-0.4, -0.2) is 34.6 Å². The summed E-state index contributed by atoms with van der Waals surface area (Å²) in [5.41, 5.74) is 2.61. The van der Waals surface area contributed by atoms with Crippen molar-refractivity contribution in [3.63, 3.8) is 0 Å². The van der Waals surface area contributed by atoms with Gasteiger partial charge < -0.3 is 15.2 Å². The van der Waals surface area contributed by atoms with Crippen LogP contribution in [0.1, 0.15) is 69.0 Å². The second-order valence-corrected chi connectivity index (χ2v) is 7.68. The molecule has 1 aromatic carbocycles. The molecule has 0 aliphatic rings. The second-order valence-electron chi connectivity index (χ2n) is 7.68. The molecular weight excluding hydrogens is 392 g/mol. The zero-order chi connectivity index (χ0) is 22.5. The number of aromatic nitrogens is 1. The van der Waals surface area contributed by atoms with Gasteiger partial charge in [0.15, 0.2) is 6.04 Å². The van der Waals surface area contributed by atoms with Crippen molar-refractivity contribution < 1.29 is 19.4 Å². The number of benzene rings is 1. The number of unbranched alkanes of at least 4 members (excludes halogenated alkanes) is 4. The summed E-state index contributed by atoms with van der Waals surface area (Å²) in [5.74, 6) is -1.09. The zero-order valence-electron chi connectivity index (χ0n) is 18.5. The normalized spacial score (nSPS) is 12.7. The van der Waals surface area contributed by atoms with Crippen molar-refractivity contribution in [1.29, 1.82) is 0 Å². The number of hydrogen-bond donors (Lipinski definition) is 2. The van der Waals surface area contributed by atoms with E-state index in [9.17, 15) is 14.7 Å². The predicted molar refractivity (Wildman–Crippen MR) is 120 cm³/mol. The monoisotopic (exact) mass is 426 g/mol. The highest BCUT2D eigenvalue weighted by molar-refractivity contribution is 5.83. The largest absolute Gasteiger partial charge is 0.464 e. The minimum atomic E-state index is -1.26. The number of rotatable bonds is 13. The van der Waals surface area contributed by atoms with Crippen LogP contribution in [0.4, 0.5) is 0 Å². The fourth-order valence-electron chi connectivity index (χ4n) is 3.50. The van der Waals surface area contributed by atoms with Crippen LogP contribution in [0.3, 0.4) is 0 Å². The summed E-state index contributed by atoms with van der Waals surface area (Å²) in [6.07, 6.45) is 6.40. The van der Waals surface area contributed by atoms with E-state index in [4.69, 9.17) is 4.74 Å². The van der Waals surface area contributed by atoms with Gasteiger partial charge in [-0.05, 0) is 50.3 Å². The Hall–Kier alpha value is -2.73. The number of aryl methyl sites for hydroxylation is 2. The topological polar surface area (TPSA) is 88.5 Å². The number of aliphatic hydroxyl groups excluding tert-OH is 1. The smallest absolute Gasteiger partial charge is 0.331 e. The molecule has 1 aromatic heterocycles. The lowest BCUT2D eigenvalue weighted by Crippen LogP contribution is -2.45. The lowest BCUT2D eigenvalue weighted by atomic mass is 10.0. The molecule has 0 saturated heterocycles. The van der Waals surface area contributed by atoms with Gasteiger partial charge in [0.2, 0.25) is 5.91 Å². The number of esters is 1. The Morgan fingerprint density at radius 3 is 2.32 bits per heavy atom. The molecule has 2 rings (SSSR count). The highest BCUT2D eigenvalue weighted by Crippen LogP contribution is 2.18. The Morgan fingerprint density at radius 2 is 1.65 bits per heavy atom. The third-order valence-corrected chi connectivity index (χ3v) is 5.09. The molecule has 6 heteroatoms. The highest BCUT2D eigenvalue weighted by Gasteiger charge is 2.31. The number of amides is 1. The summed E-state index contributed by atoms with van der Waals surface area (Å²) < 4.78 is 4.98. The number of carbonyl (C=O) groups is 2. The molecular formula is C25H34N2O4. The number of ether oxygens (including phenoxy) is 1. The van der Waals surface area contributed by atoms with Gasteiger partial charge in [-0.15, -0.1) is 0 Å². The molecule has 168 valence electrons. The van der Waals surface area contributed by atoms with Crippen molar-refractivity contribution in [3.05, 3.63) is 65.5 Å². The average Bonchev–Trinajstić information content (AvgIpc) is 2.77. The Morgan fingerprint density at radius 1 is 0.968 bits per heavy atom. The predicted octanol–water partition coefficient (Wildman–Crippen LogP) is 3.92. The Balaban J connectivity index is 1.79. The van der Waals surface area contributed by atoms with Gasteiger partial charge in [0, 0.05) is 12.6 Å². The fraction of sp³-hybridized carbons (Fsp3) is 0.480. The molecule has 2 atom stereocenters. The van der Waals surface area contributed by atoms with Gasteiger partial charge in [-0.1, -0.05) is 55.7 Å². The molecule has 2 unspecified atom stereocenters. The third-order valence-electron chi connectivity index (χ3n) is 5.09. The molecule has 0 fully saturated rings. The molecule has 1 amide bonds. The lowest BCUT2D eigenvalue weighted by molar-refractivity contribution is -0.150. The third kappa shape index (κ3) is 8.89. The first kappa shape index (κ1) is 24.5. The summed E-state index contributed by atoms with van der Waals surface area (Å²) in [7, 11) is 0. The van der Waals surface area contributed by atoms with Gasteiger partial charge in [-0.25, -0.2) is 4.79 Å². The first-order valence-electron chi connectivity index (χ1n) is 11.1. The maximum atomic E-state index is 12.1. The molecule has 31 heavy (non-hydrogen) atoms. The van der Waals surface area contributed by atoms with E-state index in [1.807, 2.05) is 18.2 Å². The second kappa shape index (κ2) is 13.5. The van der Waals surface area contributed by atoms with Crippen LogP contribution in [0.25, 0.3) is 0 Å². The number of hydrogen-bond acceptors (Lipinski definition) is 5. The van der Waals surface area contributed by atoms with E-state index in [0.717, 1.165) is 31.4 Å². The SMILES string of the molecule is CCOC(=O)C(NC(C)=O)C(O)c1cccc(CCCCCCCc2ccccc2)n1. The van der Waals surface area contributed by atoms with Crippen molar-refractivity contribution in [3.8, 4) is 0 Å². The van der Waals surface area contributed by atoms with E-state index in [0.29, 0.717) is 5.69 Å². The minimum absolute atomic E-state index is 0.167. The average molecular weight is 427 g/mol. The van der Waals surface area contributed by atoms with Crippen molar-refractivity contribution >= 4 is 11.9 Å². The summed E-state index contributed by atoms with van der Waals surface area (Å²) >= 11 is 0. The van der Waals surface area contributed by atoms with Crippen molar-refractivity contribution in [1.82, 2.24) is 10.3 Å². The molecule has 0 saturated carbocycles.